The van der Waals surface area contributed by atoms with Crippen molar-refractivity contribution in [2.45, 2.75) is 49.8 Å². The van der Waals surface area contributed by atoms with Crippen LogP contribution in [0.15, 0.2) is 0 Å². The van der Waals surface area contributed by atoms with Crippen LogP contribution in [-0.2, 0) is 4.79 Å². The van der Waals surface area contributed by atoms with E-state index in [0.29, 0.717) is 0 Å². The quantitative estimate of drug-likeness (QED) is 0.357. The summed E-state index contributed by atoms with van der Waals surface area (Å²) >= 11 is 0. The van der Waals surface area contributed by atoms with Crippen molar-refractivity contribution in [1.29, 1.82) is 0 Å². The number of aliphatic hydroxyl groups excluding tert-OH is 4. The lowest BCUT2D eigenvalue weighted by molar-refractivity contribution is -0.166. The first kappa shape index (κ1) is 10.8. The summed E-state index contributed by atoms with van der Waals surface area (Å²) < 4.78 is 0. The molecule has 2 rings (SSSR count). The molecule has 6 atom stereocenters. The zero-order valence-corrected chi connectivity index (χ0v) is 8.32. The van der Waals surface area contributed by atoms with E-state index in [1.54, 1.807) is 6.92 Å². The summed E-state index contributed by atoms with van der Waals surface area (Å²) in [7, 11) is 0. The van der Waals surface area contributed by atoms with Crippen molar-refractivity contribution in [3.8, 4) is 0 Å². The van der Waals surface area contributed by atoms with Gasteiger partial charge in [0, 0.05) is 6.42 Å². The van der Waals surface area contributed by atoms with Gasteiger partial charge in [0.1, 0.15) is 24.4 Å². The topological polar surface area (TPSA) is 101 Å². The summed E-state index contributed by atoms with van der Waals surface area (Å²) in [5.41, 5.74) is 0. The minimum Gasteiger partial charge on any atom is -0.388 e. The van der Waals surface area contributed by atoms with E-state index in [1.807, 2.05) is 0 Å². The minimum atomic E-state index is -1.26. The largest absolute Gasteiger partial charge is 0.388 e. The van der Waals surface area contributed by atoms with Crippen LogP contribution in [0.4, 0.5) is 0 Å². The number of hydrogen-bond acceptors (Lipinski definition) is 5. The summed E-state index contributed by atoms with van der Waals surface area (Å²) in [4.78, 5) is 12.8. The Morgan fingerprint density at radius 3 is 2.33 bits per heavy atom. The lowest BCUT2D eigenvalue weighted by Gasteiger charge is -2.44. The highest BCUT2D eigenvalue weighted by atomic mass is 16.4. The first-order valence-electron chi connectivity index (χ1n) is 4.99. The number of rotatable bonds is 0. The number of aliphatic hydroxyl groups is 4. The fourth-order valence-electron chi connectivity index (χ4n) is 2.46. The molecule has 2 heterocycles. The Morgan fingerprint density at radius 1 is 1.13 bits per heavy atom. The summed E-state index contributed by atoms with van der Waals surface area (Å²) in [6.45, 7) is 1.59. The van der Waals surface area contributed by atoms with Gasteiger partial charge in [-0.1, -0.05) is 0 Å². The van der Waals surface area contributed by atoms with Crippen LogP contribution in [0.3, 0.4) is 0 Å². The van der Waals surface area contributed by atoms with Crippen LogP contribution in [0.25, 0.3) is 0 Å². The average Bonchev–Trinajstić information content (AvgIpc) is 2.50. The molecule has 1 amide bonds. The predicted molar refractivity (Wildman–Crippen MR) is 48.7 cm³/mol. The number of carbonyl (C=O) groups is 1. The number of carbonyl (C=O) groups excluding carboxylic acids is 1. The van der Waals surface area contributed by atoms with Crippen LogP contribution in [0.2, 0.25) is 0 Å². The van der Waals surface area contributed by atoms with Crippen molar-refractivity contribution >= 4 is 5.91 Å². The molecular formula is C9H15NO5. The number of fused-ring (bicyclic) bond motifs is 1. The third kappa shape index (κ3) is 1.37. The zero-order valence-electron chi connectivity index (χ0n) is 8.32. The molecule has 0 aromatic carbocycles. The van der Waals surface area contributed by atoms with E-state index >= 15 is 0 Å². The molecule has 0 saturated carbocycles. The van der Waals surface area contributed by atoms with E-state index in [2.05, 4.69) is 0 Å². The number of piperidine rings is 1. The molecule has 0 aromatic heterocycles. The molecule has 2 aliphatic heterocycles. The van der Waals surface area contributed by atoms with Gasteiger partial charge in [0.2, 0.25) is 0 Å². The zero-order chi connectivity index (χ0) is 11.3. The smallest absolute Gasteiger partial charge is 0.252 e. The van der Waals surface area contributed by atoms with Crippen LogP contribution in [0, 0.1) is 0 Å². The van der Waals surface area contributed by atoms with E-state index in [0.717, 1.165) is 0 Å². The van der Waals surface area contributed by atoms with Crippen LogP contribution < -0.4 is 0 Å². The third-order valence-corrected chi connectivity index (χ3v) is 3.39. The standard InChI is InChI=1S/C9H15NO5/c1-3-6(12)8(14)7(13)4-2-5(11)9(15)10(3)4/h3-8,11-14H,2H2,1H3/t3-,4-,5+,6+,7+,8+/m0/s1. The van der Waals surface area contributed by atoms with E-state index in [4.69, 9.17) is 0 Å². The van der Waals surface area contributed by atoms with Gasteiger partial charge in [-0.05, 0) is 6.92 Å². The second-order valence-corrected chi connectivity index (χ2v) is 4.28. The maximum atomic E-state index is 11.5. The SMILES string of the molecule is C[C@H]1[C@@H](O)[C@@H](O)[C@H](O)[C@@H]2C[C@@H](O)C(=O)N12. The van der Waals surface area contributed by atoms with Gasteiger partial charge in [-0.2, -0.15) is 0 Å². The van der Waals surface area contributed by atoms with Crippen LogP contribution in [0.5, 0.6) is 0 Å². The van der Waals surface area contributed by atoms with Crippen molar-refractivity contribution in [1.82, 2.24) is 4.90 Å². The first-order valence-corrected chi connectivity index (χ1v) is 4.99. The Labute approximate surface area is 86.7 Å². The molecule has 86 valence electrons. The van der Waals surface area contributed by atoms with Gasteiger partial charge in [-0.15, -0.1) is 0 Å². The van der Waals surface area contributed by atoms with Gasteiger partial charge in [0.25, 0.3) is 5.91 Å². The van der Waals surface area contributed by atoms with Gasteiger partial charge < -0.3 is 25.3 Å². The van der Waals surface area contributed by atoms with Crippen molar-refractivity contribution in [2.75, 3.05) is 0 Å². The second kappa shape index (κ2) is 3.41. The third-order valence-electron chi connectivity index (χ3n) is 3.39. The van der Waals surface area contributed by atoms with Gasteiger partial charge in [0.05, 0.1) is 12.1 Å². The molecule has 0 unspecified atom stereocenters. The Balaban J connectivity index is 2.30. The van der Waals surface area contributed by atoms with Crippen LogP contribution >= 0.6 is 0 Å². The summed E-state index contributed by atoms with van der Waals surface area (Å²) in [5.74, 6) is -0.488. The fourth-order valence-corrected chi connectivity index (χ4v) is 2.46. The van der Waals surface area contributed by atoms with E-state index < -0.39 is 42.4 Å². The Kier molecular flexibility index (Phi) is 2.46. The summed E-state index contributed by atoms with van der Waals surface area (Å²) in [6, 6.07) is -1.18. The predicted octanol–water partition coefficient (Wildman–Crippen LogP) is -2.57. The maximum Gasteiger partial charge on any atom is 0.252 e. The second-order valence-electron chi connectivity index (χ2n) is 4.28. The van der Waals surface area contributed by atoms with Gasteiger partial charge in [0.15, 0.2) is 0 Å². The van der Waals surface area contributed by atoms with Gasteiger partial charge in [-0.3, -0.25) is 4.79 Å². The van der Waals surface area contributed by atoms with Crippen molar-refractivity contribution in [2.24, 2.45) is 0 Å². The van der Waals surface area contributed by atoms with Gasteiger partial charge in [-0.25, -0.2) is 0 Å². The normalized spacial score (nSPS) is 50.7. The number of amides is 1. The lowest BCUT2D eigenvalue weighted by atomic mass is 9.89. The van der Waals surface area contributed by atoms with Crippen molar-refractivity contribution in [3.05, 3.63) is 0 Å². The Bertz CT molecular complexity index is 284. The van der Waals surface area contributed by atoms with E-state index in [1.165, 1.54) is 4.90 Å². The highest BCUT2D eigenvalue weighted by Crippen LogP contribution is 2.32. The van der Waals surface area contributed by atoms with Gasteiger partial charge >= 0.3 is 0 Å². The van der Waals surface area contributed by atoms with Crippen LogP contribution in [0.1, 0.15) is 13.3 Å². The van der Waals surface area contributed by atoms with Crippen LogP contribution in [-0.4, -0.2) is 67.7 Å². The molecule has 6 nitrogen and oxygen atoms in total. The molecule has 6 heteroatoms. The number of hydrogen-bond donors (Lipinski definition) is 4. The number of nitrogens with zero attached hydrogens (tertiary/aromatic N) is 1. The highest BCUT2D eigenvalue weighted by Gasteiger charge is 2.53. The molecule has 0 radical (unpaired) electrons. The summed E-state index contributed by atoms with van der Waals surface area (Å²) in [6.07, 6.45) is -4.67. The average molecular weight is 217 g/mol. The van der Waals surface area contributed by atoms with E-state index in [-0.39, 0.29) is 6.42 Å². The Hall–Kier alpha value is -0.690. The summed E-state index contributed by atoms with van der Waals surface area (Å²) in [5, 5.41) is 38.1. The molecule has 15 heavy (non-hydrogen) atoms. The minimum absolute atomic E-state index is 0.105. The molecular weight excluding hydrogens is 202 g/mol. The molecule has 4 N–H and O–H groups in total. The monoisotopic (exact) mass is 217 g/mol. The Morgan fingerprint density at radius 2 is 1.73 bits per heavy atom. The maximum absolute atomic E-state index is 11.5. The van der Waals surface area contributed by atoms with Crippen molar-refractivity contribution in [3.63, 3.8) is 0 Å². The molecule has 2 aliphatic rings. The van der Waals surface area contributed by atoms with Crippen molar-refractivity contribution < 1.29 is 25.2 Å². The first-order chi connectivity index (χ1) is 6.95. The fraction of sp³-hybridized carbons (Fsp3) is 0.889. The molecule has 2 saturated heterocycles. The molecule has 0 bridgehead atoms. The lowest BCUT2D eigenvalue weighted by Crippen LogP contribution is -2.64. The molecule has 0 aromatic rings. The molecule has 0 aliphatic carbocycles. The molecule has 2 fully saturated rings. The van der Waals surface area contributed by atoms with E-state index in [9.17, 15) is 25.2 Å². The highest BCUT2D eigenvalue weighted by molar-refractivity contribution is 5.84. The molecule has 0 spiro atoms.